The molecular formula is C24H26Cl2N2O4. The topological polar surface area (TPSA) is 70.1 Å². The van der Waals surface area contributed by atoms with Crippen LogP contribution >= 0.6 is 23.2 Å². The Kier molecular flexibility index (Phi) is 7.82. The summed E-state index contributed by atoms with van der Waals surface area (Å²) in [4.78, 5) is 29.8. The van der Waals surface area contributed by atoms with E-state index in [0.717, 1.165) is 13.1 Å². The third-order valence-corrected chi connectivity index (χ3v) is 6.27. The number of Topliss-reactive ketones (excluding diaryl/α,β-unsaturated/α-hetero) is 1. The van der Waals surface area contributed by atoms with Crippen molar-refractivity contribution in [3.63, 3.8) is 0 Å². The molecule has 0 aliphatic carbocycles. The van der Waals surface area contributed by atoms with Crippen LogP contribution in [0.1, 0.15) is 31.0 Å². The highest BCUT2D eigenvalue weighted by Crippen LogP contribution is 2.40. The number of likely N-dealkylation sites (N-methyl/N-ethyl adjacent to an activating group) is 1. The second-order valence-electron chi connectivity index (χ2n) is 7.42. The van der Waals surface area contributed by atoms with Crippen LogP contribution in [0.3, 0.4) is 0 Å². The molecule has 0 radical (unpaired) electrons. The average molecular weight is 477 g/mol. The summed E-state index contributed by atoms with van der Waals surface area (Å²) < 4.78 is 5.23. The Morgan fingerprint density at radius 2 is 1.75 bits per heavy atom. The first-order valence-electron chi connectivity index (χ1n) is 10.4. The van der Waals surface area contributed by atoms with Crippen LogP contribution in [0.5, 0.6) is 5.75 Å². The highest BCUT2D eigenvalue weighted by molar-refractivity contribution is 6.46. The van der Waals surface area contributed by atoms with E-state index in [-0.39, 0.29) is 11.3 Å². The third-order valence-electron chi connectivity index (χ3n) is 5.70. The molecule has 1 aliphatic rings. The Hall–Kier alpha value is -2.54. The Labute approximate surface area is 198 Å². The number of nitrogens with zero attached hydrogens (tertiary/aromatic N) is 2. The fourth-order valence-corrected chi connectivity index (χ4v) is 4.17. The average Bonchev–Trinajstić information content (AvgIpc) is 3.05. The highest BCUT2D eigenvalue weighted by Gasteiger charge is 2.46. The van der Waals surface area contributed by atoms with Crippen molar-refractivity contribution >= 4 is 40.7 Å². The number of hydrogen-bond donors (Lipinski definition) is 1. The molecule has 0 bridgehead atoms. The molecule has 3 rings (SSSR count). The number of ether oxygens (including phenoxy) is 1. The van der Waals surface area contributed by atoms with Gasteiger partial charge in [0.25, 0.3) is 11.7 Å². The molecule has 8 heteroatoms. The van der Waals surface area contributed by atoms with Crippen LogP contribution in [0.4, 0.5) is 0 Å². The van der Waals surface area contributed by atoms with Crippen molar-refractivity contribution < 1.29 is 19.4 Å². The summed E-state index contributed by atoms with van der Waals surface area (Å²) in [6, 6.07) is 10.9. The summed E-state index contributed by atoms with van der Waals surface area (Å²) in [5, 5.41) is 12.0. The number of ketones is 1. The number of methoxy groups -OCH3 is 1. The third kappa shape index (κ3) is 4.77. The largest absolute Gasteiger partial charge is 0.507 e. The molecular weight excluding hydrogens is 451 g/mol. The zero-order valence-electron chi connectivity index (χ0n) is 18.3. The maximum Gasteiger partial charge on any atom is 0.295 e. The van der Waals surface area contributed by atoms with E-state index < -0.39 is 17.7 Å². The Morgan fingerprint density at radius 3 is 2.34 bits per heavy atom. The van der Waals surface area contributed by atoms with Gasteiger partial charge in [-0.3, -0.25) is 9.59 Å². The number of likely N-dealkylation sites (tertiary alicyclic amines) is 1. The van der Waals surface area contributed by atoms with Crippen LogP contribution < -0.4 is 4.74 Å². The lowest BCUT2D eigenvalue weighted by atomic mass is 9.95. The van der Waals surface area contributed by atoms with Crippen LogP contribution in [0.25, 0.3) is 5.76 Å². The first-order chi connectivity index (χ1) is 15.3. The van der Waals surface area contributed by atoms with Gasteiger partial charge < -0.3 is 19.6 Å². The number of amides is 1. The number of benzene rings is 2. The van der Waals surface area contributed by atoms with Gasteiger partial charge in [-0.05, 0) is 49.0 Å². The van der Waals surface area contributed by atoms with Gasteiger partial charge >= 0.3 is 0 Å². The number of aliphatic hydroxyl groups excluding tert-OH is 1. The standard InChI is InChI=1S/C24H26Cl2N2O4/c1-4-27(5-2)12-13-28-21(15-6-9-17(25)10-7-15)20(23(30)24(28)31)22(29)16-8-11-18(26)19(14-16)32-3/h6-11,14,21,29H,4-5,12-13H2,1-3H3/b22-20-. The molecule has 0 spiro atoms. The molecule has 1 unspecified atom stereocenters. The Morgan fingerprint density at radius 1 is 1.09 bits per heavy atom. The van der Waals surface area contributed by atoms with Gasteiger partial charge in [0.05, 0.1) is 23.7 Å². The summed E-state index contributed by atoms with van der Waals surface area (Å²) in [6.07, 6.45) is 0. The number of hydrogen-bond acceptors (Lipinski definition) is 5. The van der Waals surface area contributed by atoms with E-state index in [0.29, 0.717) is 40.0 Å². The Bertz CT molecular complexity index is 1030. The van der Waals surface area contributed by atoms with E-state index in [1.165, 1.54) is 12.0 Å². The fourth-order valence-electron chi connectivity index (χ4n) is 3.85. The fraction of sp³-hybridized carbons (Fsp3) is 0.333. The maximum absolute atomic E-state index is 13.1. The molecule has 1 N–H and O–H groups in total. The molecule has 170 valence electrons. The molecule has 6 nitrogen and oxygen atoms in total. The molecule has 32 heavy (non-hydrogen) atoms. The van der Waals surface area contributed by atoms with Crippen molar-refractivity contribution in [2.75, 3.05) is 33.3 Å². The molecule has 1 aliphatic heterocycles. The van der Waals surface area contributed by atoms with Crippen molar-refractivity contribution in [2.24, 2.45) is 0 Å². The van der Waals surface area contributed by atoms with Crippen molar-refractivity contribution in [1.82, 2.24) is 9.80 Å². The van der Waals surface area contributed by atoms with Gasteiger partial charge in [0.2, 0.25) is 0 Å². The Balaban J connectivity index is 2.11. The highest BCUT2D eigenvalue weighted by atomic mass is 35.5. The summed E-state index contributed by atoms with van der Waals surface area (Å²) in [7, 11) is 1.46. The van der Waals surface area contributed by atoms with Crippen LogP contribution in [0.2, 0.25) is 10.0 Å². The normalized spacial score (nSPS) is 17.9. The lowest BCUT2D eigenvalue weighted by molar-refractivity contribution is -0.140. The first-order valence-corrected chi connectivity index (χ1v) is 11.2. The number of halogens is 2. The number of carbonyl (C=O) groups is 2. The minimum atomic E-state index is -0.732. The monoisotopic (exact) mass is 476 g/mol. The smallest absolute Gasteiger partial charge is 0.295 e. The summed E-state index contributed by atoms with van der Waals surface area (Å²) >= 11 is 12.2. The molecule has 1 atom stereocenters. The minimum absolute atomic E-state index is 0.0289. The van der Waals surface area contributed by atoms with Gasteiger partial charge in [-0.2, -0.15) is 0 Å². The summed E-state index contributed by atoms with van der Waals surface area (Å²) in [5.74, 6) is -1.28. The predicted molar refractivity (Wildman–Crippen MR) is 126 cm³/mol. The van der Waals surface area contributed by atoms with Gasteiger partial charge in [-0.25, -0.2) is 0 Å². The molecule has 2 aromatic carbocycles. The SMILES string of the molecule is CCN(CC)CCN1C(=O)C(=O)/C(=C(\O)c2ccc(Cl)c(OC)c2)C1c1ccc(Cl)cc1. The second-order valence-corrected chi connectivity index (χ2v) is 8.26. The minimum Gasteiger partial charge on any atom is -0.507 e. The van der Waals surface area contributed by atoms with Crippen molar-refractivity contribution in [3.8, 4) is 5.75 Å². The first kappa shape index (κ1) is 24.1. The maximum atomic E-state index is 13.1. The van der Waals surface area contributed by atoms with E-state index in [4.69, 9.17) is 27.9 Å². The molecule has 1 amide bonds. The molecule has 0 aromatic heterocycles. The zero-order valence-corrected chi connectivity index (χ0v) is 19.8. The lowest BCUT2D eigenvalue weighted by Gasteiger charge is -2.28. The number of rotatable bonds is 8. The molecule has 0 saturated carbocycles. The molecule has 2 aromatic rings. The van der Waals surface area contributed by atoms with E-state index >= 15 is 0 Å². The van der Waals surface area contributed by atoms with Gasteiger partial charge in [0, 0.05) is 23.7 Å². The van der Waals surface area contributed by atoms with E-state index in [1.807, 2.05) is 13.8 Å². The number of carbonyl (C=O) groups excluding carboxylic acids is 2. The quantitative estimate of drug-likeness (QED) is 0.337. The molecule has 1 fully saturated rings. The van der Waals surface area contributed by atoms with E-state index in [1.54, 1.807) is 42.5 Å². The van der Waals surface area contributed by atoms with E-state index in [2.05, 4.69) is 4.90 Å². The molecule has 1 heterocycles. The van der Waals surface area contributed by atoms with Crippen molar-refractivity contribution in [1.29, 1.82) is 0 Å². The van der Waals surface area contributed by atoms with Crippen molar-refractivity contribution in [3.05, 3.63) is 69.2 Å². The number of aliphatic hydroxyl groups is 1. The van der Waals surface area contributed by atoms with E-state index in [9.17, 15) is 14.7 Å². The van der Waals surface area contributed by atoms with Crippen LogP contribution in [0, 0.1) is 0 Å². The molecule has 1 saturated heterocycles. The van der Waals surface area contributed by atoms with Crippen LogP contribution in [0.15, 0.2) is 48.0 Å². The van der Waals surface area contributed by atoms with Gasteiger partial charge in [0.15, 0.2) is 0 Å². The lowest BCUT2D eigenvalue weighted by Crippen LogP contribution is -2.38. The zero-order chi connectivity index (χ0) is 23.4. The van der Waals surface area contributed by atoms with Gasteiger partial charge in [-0.15, -0.1) is 0 Å². The summed E-state index contributed by atoms with van der Waals surface area (Å²) in [6.45, 7) is 6.71. The summed E-state index contributed by atoms with van der Waals surface area (Å²) in [5.41, 5.74) is 1.06. The van der Waals surface area contributed by atoms with Crippen LogP contribution in [-0.4, -0.2) is 59.9 Å². The van der Waals surface area contributed by atoms with Crippen LogP contribution in [-0.2, 0) is 9.59 Å². The van der Waals surface area contributed by atoms with Crippen molar-refractivity contribution in [2.45, 2.75) is 19.9 Å². The van der Waals surface area contributed by atoms with Gasteiger partial charge in [-0.1, -0.05) is 49.2 Å². The van der Waals surface area contributed by atoms with Gasteiger partial charge in [0.1, 0.15) is 11.5 Å². The second kappa shape index (κ2) is 10.4. The predicted octanol–water partition coefficient (Wildman–Crippen LogP) is 4.77.